The van der Waals surface area contributed by atoms with Gasteiger partial charge in [0.25, 0.3) is 5.91 Å². The van der Waals surface area contributed by atoms with E-state index >= 15 is 0 Å². The lowest BCUT2D eigenvalue weighted by Gasteiger charge is -2.11. The molecule has 0 atom stereocenters. The standard InChI is InChI=1S/C25H23N3O6/c1-32-18-6-4-5-16(11-18)24(29)26-17-7-8-22-21(12-17)23(27-31)25(30)28(22)14-15-9-19(33-2)13-20(10-15)34-3/h4-13,30H,14H2,1-3H3,(H,26,29). The van der Waals surface area contributed by atoms with Gasteiger partial charge in [-0.15, -0.1) is 4.91 Å². The fourth-order valence-electron chi connectivity index (χ4n) is 3.76. The minimum atomic E-state index is -0.342. The number of rotatable bonds is 8. The van der Waals surface area contributed by atoms with E-state index in [9.17, 15) is 14.8 Å². The highest BCUT2D eigenvalue weighted by Gasteiger charge is 2.19. The molecule has 1 aromatic heterocycles. The molecule has 0 aliphatic rings. The average Bonchev–Trinajstić information content (AvgIpc) is 3.13. The molecule has 0 bridgehead atoms. The third-order valence-corrected chi connectivity index (χ3v) is 5.44. The quantitative estimate of drug-likeness (QED) is 0.354. The van der Waals surface area contributed by atoms with Crippen molar-refractivity contribution in [3.63, 3.8) is 0 Å². The summed E-state index contributed by atoms with van der Waals surface area (Å²) in [4.78, 5) is 24.2. The summed E-state index contributed by atoms with van der Waals surface area (Å²) in [6.45, 7) is 0.237. The van der Waals surface area contributed by atoms with Crippen LogP contribution in [-0.4, -0.2) is 36.9 Å². The van der Waals surface area contributed by atoms with Crippen molar-refractivity contribution < 1.29 is 24.1 Å². The number of anilines is 1. The minimum absolute atomic E-state index is 0.109. The number of aromatic nitrogens is 1. The molecule has 2 N–H and O–H groups in total. The lowest BCUT2D eigenvalue weighted by atomic mass is 10.1. The summed E-state index contributed by atoms with van der Waals surface area (Å²) in [6, 6.07) is 17.1. The van der Waals surface area contributed by atoms with Crippen molar-refractivity contribution >= 4 is 28.2 Å². The van der Waals surface area contributed by atoms with Gasteiger partial charge < -0.3 is 29.2 Å². The van der Waals surface area contributed by atoms with Crippen LogP contribution in [-0.2, 0) is 6.54 Å². The van der Waals surface area contributed by atoms with Crippen molar-refractivity contribution in [2.75, 3.05) is 26.6 Å². The molecule has 9 nitrogen and oxygen atoms in total. The normalized spacial score (nSPS) is 10.7. The zero-order chi connectivity index (χ0) is 24.2. The van der Waals surface area contributed by atoms with Crippen LogP contribution in [0.15, 0.2) is 65.8 Å². The van der Waals surface area contributed by atoms with Crippen LogP contribution in [0.2, 0.25) is 0 Å². The first kappa shape index (κ1) is 22.7. The number of nitroso groups, excluding NO2 is 1. The van der Waals surface area contributed by atoms with Crippen LogP contribution >= 0.6 is 0 Å². The van der Waals surface area contributed by atoms with Crippen LogP contribution in [0, 0.1) is 4.91 Å². The number of hydrogen-bond donors (Lipinski definition) is 2. The predicted molar refractivity (Wildman–Crippen MR) is 129 cm³/mol. The second-order valence-corrected chi connectivity index (χ2v) is 7.49. The summed E-state index contributed by atoms with van der Waals surface area (Å²) in [5.41, 5.74) is 2.12. The molecule has 0 radical (unpaired) electrons. The third kappa shape index (κ3) is 4.36. The van der Waals surface area contributed by atoms with Crippen molar-refractivity contribution in [2.24, 2.45) is 5.18 Å². The van der Waals surface area contributed by atoms with Gasteiger partial charge in [0.1, 0.15) is 17.2 Å². The number of carbonyl (C=O) groups is 1. The van der Waals surface area contributed by atoms with Gasteiger partial charge in [0.05, 0.1) is 33.4 Å². The molecule has 0 unspecified atom stereocenters. The SMILES string of the molecule is COc1cc(Cn2c(O)c(N=O)c3cc(NC(=O)c4cccc(OC)c4)ccc32)cc(OC)c1. The summed E-state index contributed by atoms with van der Waals surface area (Å²) in [7, 11) is 4.63. The van der Waals surface area contributed by atoms with Gasteiger partial charge in [-0.3, -0.25) is 4.79 Å². The Morgan fingerprint density at radius 1 is 0.941 bits per heavy atom. The van der Waals surface area contributed by atoms with E-state index in [2.05, 4.69) is 10.5 Å². The number of amides is 1. The molecule has 4 rings (SSSR count). The zero-order valence-electron chi connectivity index (χ0n) is 18.9. The maximum atomic E-state index is 12.7. The highest BCUT2D eigenvalue weighted by molar-refractivity contribution is 6.06. The third-order valence-electron chi connectivity index (χ3n) is 5.44. The van der Waals surface area contributed by atoms with Crippen molar-refractivity contribution in [3.05, 3.63) is 76.7 Å². The van der Waals surface area contributed by atoms with E-state index in [1.54, 1.807) is 67.3 Å². The fourth-order valence-corrected chi connectivity index (χ4v) is 3.76. The number of benzene rings is 3. The molecule has 0 spiro atoms. The molecule has 4 aromatic rings. The number of aromatic hydroxyl groups is 1. The fraction of sp³-hybridized carbons (Fsp3) is 0.160. The largest absolute Gasteiger partial charge is 0.497 e. The van der Waals surface area contributed by atoms with E-state index in [0.717, 1.165) is 5.56 Å². The van der Waals surface area contributed by atoms with E-state index in [4.69, 9.17) is 14.2 Å². The van der Waals surface area contributed by atoms with E-state index < -0.39 is 0 Å². The number of nitrogens with one attached hydrogen (secondary N) is 1. The molecule has 0 fully saturated rings. The molecule has 9 heteroatoms. The molecular weight excluding hydrogens is 438 g/mol. The molecular formula is C25H23N3O6. The maximum Gasteiger partial charge on any atom is 0.255 e. The number of fused-ring (bicyclic) bond motifs is 1. The van der Waals surface area contributed by atoms with Crippen LogP contribution in [0.4, 0.5) is 11.4 Å². The van der Waals surface area contributed by atoms with Gasteiger partial charge in [-0.25, -0.2) is 0 Å². The molecule has 0 saturated heterocycles. The molecule has 1 amide bonds. The van der Waals surface area contributed by atoms with Gasteiger partial charge in [0.2, 0.25) is 5.88 Å². The van der Waals surface area contributed by atoms with Crippen molar-refractivity contribution in [2.45, 2.75) is 6.54 Å². The first-order valence-corrected chi connectivity index (χ1v) is 10.3. The van der Waals surface area contributed by atoms with E-state index in [1.807, 2.05) is 12.1 Å². The van der Waals surface area contributed by atoms with Crippen molar-refractivity contribution in [3.8, 4) is 23.1 Å². The van der Waals surface area contributed by atoms with Crippen LogP contribution in [0.25, 0.3) is 10.9 Å². The first-order valence-electron chi connectivity index (χ1n) is 10.3. The summed E-state index contributed by atoms with van der Waals surface area (Å²) >= 11 is 0. The van der Waals surface area contributed by atoms with E-state index in [-0.39, 0.29) is 24.0 Å². The van der Waals surface area contributed by atoms with Gasteiger partial charge in [0.15, 0.2) is 5.69 Å². The summed E-state index contributed by atoms with van der Waals surface area (Å²) in [5, 5.41) is 17.0. The summed E-state index contributed by atoms with van der Waals surface area (Å²) in [5.74, 6) is 1.14. The predicted octanol–water partition coefficient (Wildman–Crippen LogP) is 5.07. The molecule has 0 aliphatic heterocycles. The van der Waals surface area contributed by atoms with Gasteiger partial charge in [-0.2, -0.15) is 0 Å². The summed E-state index contributed by atoms with van der Waals surface area (Å²) in [6.07, 6.45) is 0. The number of nitrogens with zero attached hydrogens (tertiary/aromatic N) is 2. The summed E-state index contributed by atoms with van der Waals surface area (Å²) < 4.78 is 17.4. The Balaban J connectivity index is 1.69. The number of carbonyl (C=O) groups excluding carboxylic acids is 1. The molecule has 0 aliphatic carbocycles. The maximum absolute atomic E-state index is 12.7. The second kappa shape index (κ2) is 9.53. The Morgan fingerprint density at radius 2 is 1.65 bits per heavy atom. The molecule has 3 aromatic carbocycles. The Bertz CT molecular complexity index is 1360. The lowest BCUT2D eigenvalue weighted by molar-refractivity contribution is 0.102. The first-order chi connectivity index (χ1) is 16.5. The second-order valence-electron chi connectivity index (χ2n) is 7.49. The van der Waals surface area contributed by atoms with Gasteiger partial charge in [-0.05, 0) is 59.3 Å². The lowest BCUT2D eigenvalue weighted by Crippen LogP contribution is -2.11. The van der Waals surface area contributed by atoms with E-state index in [1.165, 1.54) is 7.11 Å². The topological polar surface area (TPSA) is 111 Å². The smallest absolute Gasteiger partial charge is 0.255 e. The minimum Gasteiger partial charge on any atom is -0.497 e. The van der Waals surface area contributed by atoms with Crippen LogP contribution in [0.5, 0.6) is 23.1 Å². The number of methoxy groups -OCH3 is 3. The zero-order valence-corrected chi connectivity index (χ0v) is 18.9. The monoisotopic (exact) mass is 461 g/mol. The highest BCUT2D eigenvalue weighted by Crippen LogP contribution is 2.40. The van der Waals surface area contributed by atoms with Crippen molar-refractivity contribution in [1.29, 1.82) is 0 Å². The molecule has 34 heavy (non-hydrogen) atoms. The number of hydrogen-bond acceptors (Lipinski definition) is 7. The van der Waals surface area contributed by atoms with Gasteiger partial charge in [-0.1, -0.05) is 6.07 Å². The Hall–Kier alpha value is -4.53. The Kier molecular flexibility index (Phi) is 6.35. The van der Waals surface area contributed by atoms with Gasteiger partial charge >= 0.3 is 0 Å². The molecule has 174 valence electrons. The van der Waals surface area contributed by atoms with Gasteiger partial charge in [0, 0.05) is 22.7 Å². The molecule has 0 saturated carbocycles. The molecule has 1 heterocycles. The Morgan fingerprint density at radius 3 is 2.29 bits per heavy atom. The van der Waals surface area contributed by atoms with Crippen LogP contribution < -0.4 is 19.5 Å². The van der Waals surface area contributed by atoms with Crippen molar-refractivity contribution in [1.82, 2.24) is 4.57 Å². The number of ether oxygens (including phenoxy) is 3. The Labute approximate surface area is 195 Å². The van der Waals surface area contributed by atoms with Crippen LogP contribution in [0.1, 0.15) is 15.9 Å². The highest BCUT2D eigenvalue weighted by atomic mass is 16.5. The van der Waals surface area contributed by atoms with Crippen LogP contribution in [0.3, 0.4) is 0 Å². The van der Waals surface area contributed by atoms with E-state index in [0.29, 0.717) is 39.4 Å². The average molecular weight is 461 g/mol.